The summed E-state index contributed by atoms with van der Waals surface area (Å²) in [6.45, 7) is 8.86. The number of rotatable bonds is 6. The molecule has 1 atom stereocenters. The van der Waals surface area contributed by atoms with Crippen molar-refractivity contribution in [2.45, 2.75) is 26.8 Å². The molecule has 0 radical (unpaired) electrons. The zero-order valence-electron chi connectivity index (χ0n) is 19.7. The van der Waals surface area contributed by atoms with Crippen molar-refractivity contribution >= 4 is 23.2 Å². The first-order valence-corrected chi connectivity index (χ1v) is 11.9. The number of carbonyl (C=O) groups is 1. The van der Waals surface area contributed by atoms with Crippen LogP contribution in [-0.4, -0.2) is 53.4 Å². The summed E-state index contributed by atoms with van der Waals surface area (Å²) in [6.07, 6.45) is 0. The van der Waals surface area contributed by atoms with E-state index in [0.717, 1.165) is 22.6 Å². The standard InChI is InChI=1S/C26H29ClN4O3/c1-4-34-22-9-6-20(7-10-22)23-11-12-25(32)31(28-23)19(3)26(33)30-15-13-29(14-16-30)24-17-21(27)8-5-18(24)2/h5-12,17,19H,4,13-16H2,1-3H3. The maximum atomic E-state index is 13.2. The van der Waals surface area contributed by atoms with Crippen LogP contribution in [0, 0.1) is 6.92 Å². The van der Waals surface area contributed by atoms with Gasteiger partial charge in [-0.15, -0.1) is 0 Å². The molecule has 1 fully saturated rings. The molecule has 4 rings (SSSR count). The van der Waals surface area contributed by atoms with E-state index in [0.29, 0.717) is 43.5 Å². The van der Waals surface area contributed by atoms with Crippen LogP contribution in [0.4, 0.5) is 5.69 Å². The minimum atomic E-state index is -0.699. The molecule has 7 nitrogen and oxygen atoms in total. The van der Waals surface area contributed by atoms with E-state index in [9.17, 15) is 9.59 Å². The van der Waals surface area contributed by atoms with Crippen molar-refractivity contribution in [2.24, 2.45) is 0 Å². The highest BCUT2D eigenvalue weighted by Crippen LogP contribution is 2.26. The maximum absolute atomic E-state index is 13.2. The van der Waals surface area contributed by atoms with Crippen LogP contribution in [0.3, 0.4) is 0 Å². The molecule has 1 saturated heterocycles. The monoisotopic (exact) mass is 480 g/mol. The van der Waals surface area contributed by atoms with Crippen molar-refractivity contribution in [3.05, 3.63) is 75.5 Å². The summed E-state index contributed by atoms with van der Waals surface area (Å²) >= 11 is 6.18. The zero-order chi connectivity index (χ0) is 24.2. The number of halogens is 1. The highest BCUT2D eigenvalue weighted by molar-refractivity contribution is 6.30. The molecular weight excluding hydrogens is 452 g/mol. The first-order valence-electron chi connectivity index (χ1n) is 11.5. The van der Waals surface area contributed by atoms with Gasteiger partial charge in [0.15, 0.2) is 0 Å². The first kappa shape index (κ1) is 23.8. The molecular formula is C26H29ClN4O3. The molecule has 3 aromatic rings. The third kappa shape index (κ3) is 5.09. The zero-order valence-corrected chi connectivity index (χ0v) is 20.5. The quantitative estimate of drug-likeness (QED) is 0.529. The number of amides is 1. The van der Waals surface area contributed by atoms with Crippen molar-refractivity contribution in [2.75, 3.05) is 37.7 Å². The van der Waals surface area contributed by atoms with E-state index in [4.69, 9.17) is 16.3 Å². The van der Waals surface area contributed by atoms with Crippen molar-refractivity contribution in [3.63, 3.8) is 0 Å². The van der Waals surface area contributed by atoms with Gasteiger partial charge in [-0.2, -0.15) is 5.10 Å². The van der Waals surface area contributed by atoms with Gasteiger partial charge in [-0.3, -0.25) is 9.59 Å². The van der Waals surface area contributed by atoms with Crippen LogP contribution in [0.1, 0.15) is 25.5 Å². The Morgan fingerprint density at radius 3 is 2.44 bits per heavy atom. The molecule has 0 spiro atoms. The van der Waals surface area contributed by atoms with Gasteiger partial charge in [-0.25, -0.2) is 4.68 Å². The minimum absolute atomic E-state index is 0.110. The van der Waals surface area contributed by atoms with Crippen LogP contribution in [0.15, 0.2) is 59.4 Å². The van der Waals surface area contributed by atoms with E-state index in [1.54, 1.807) is 17.9 Å². The van der Waals surface area contributed by atoms with Crippen molar-refractivity contribution in [1.82, 2.24) is 14.7 Å². The third-order valence-corrected chi connectivity index (χ3v) is 6.35. The van der Waals surface area contributed by atoms with Crippen LogP contribution in [-0.2, 0) is 4.79 Å². The smallest absolute Gasteiger partial charge is 0.267 e. The summed E-state index contributed by atoms with van der Waals surface area (Å²) in [6, 6.07) is 15.8. The summed E-state index contributed by atoms with van der Waals surface area (Å²) < 4.78 is 6.77. The molecule has 1 aliphatic heterocycles. The summed E-state index contributed by atoms with van der Waals surface area (Å²) in [5.74, 6) is 0.663. The largest absolute Gasteiger partial charge is 0.494 e. The van der Waals surface area contributed by atoms with Crippen molar-refractivity contribution < 1.29 is 9.53 Å². The van der Waals surface area contributed by atoms with Crippen molar-refractivity contribution in [3.8, 4) is 17.0 Å². The van der Waals surface area contributed by atoms with Gasteiger partial charge < -0.3 is 14.5 Å². The van der Waals surface area contributed by atoms with Gasteiger partial charge in [0.2, 0.25) is 5.91 Å². The maximum Gasteiger partial charge on any atom is 0.267 e. The number of aromatic nitrogens is 2. The molecule has 0 N–H and O–H groups in total. The number of nitrogens with zero attached hydrogens (tertiary/aromatic N) is 4. The number of ether oxygens (including phenoxy) is 1. The Morgan fingerprint density at radius 2 is 1.76 bits per heavy atom. The lowest BCUT2D eigenvalue weighted by atomic mass is 10.1. The topological polar surface area (TPSA) is 67.7 Å². The predicted molar refractivity (Wildman–Crippen MR) is 135 cm³/mol. The van der Waals surface area contributed by atoms with Gasteiger partial charge in [-0.05, 0) is 68.8 Å². The van der Waals surface area contributed by atoms with E-state index in [1.807, 2.05) is 49.4 Å². The van der Waals surface area contributed by atoms with E-state index >= 15 is 0 Å². The number of piperazine rings is 1. The molecule has 178 valence electrons. The fourth-order valence-corrected chi connectivity index (χ4v) is 4.37. The Labute approximate surface area is 204 Å². The lowest BCUT2D eigenvalue weighted by molar-refractivity contribution is -0.135. The number of hydrogen-bond acceptors (Lipinski definition) is 5. The van der Waals surface area contributed by atoms with Gasteiger partial charge >= 0.3 is 0 Å². The Morgan fingerprint density at radius 1 is 1.06 bits per heavy atom. The number of anilines is 1. The van der Waals surface area contributed by atoms with Crippen LogP contribution >= 0.6 is 11.6 Å². The molecule has 8 heteroatoms. The molecule has 2 heterocycles. The van der Waals surface area contributed by atoms with Gasteiger partial charge in [0.25, 0.3) is 5.56 Å². The molecule has 0 bridgehead atoms. The summed E-state index contributed by atoms with van der Waals surface area (Å²) in [5, 5.41) is 5.21. The molecule has 0 saturated carbocycles. The number of carbonyl (C=O) groups excluding carboxylic acids is 1. The van der Waals surface area contributed by atoms with Gasteiger partial charge in [0.05, 0.1) is 12.3 Å². The van der Waals surface area contributed by atoms with Gasteiger partial charge in [-0.1, -0.05) is 17.7 Å². The highest BCUT2D eigenvalue weighted by Gasteiger charge is 2.27. The molecule has 34 heavy (non-hydrogen) atoms. The average molecular weight is 481 g/mol. The Kier molecular flexibility index (Phi) is 7.22. The van der Waals surface area contributed by atoms with Crippen molar-refractivity contribution in [1.29, 1.82) is 0 Å². The van der Waals surface area contributed by atoms with E-state index in [-0.39, 0.29) is 11.5 Å². The summed E-state index contributed by atoms with van der Waals surface area (Å²) in [7, 11) is 0. The lowest BCUT2D eigenvalue weighted by Gasteiger charge is -2.37. The molecule has 2 aromatic carbocycles. The Bertz CT molecular complexity index is 1220. The summed E-state index contributed by atoms with van der Waals surface area (Å²) in [4.78, 5) is 29.9. The SMILES string of the molecule is CCOc1ccc(-c2ccc(=O)n(C(C)C(=O)N3CCN(c4cc(Cl)ccc4C)CC3)n2)cc1. The second kappa shape index (κ2) is 10.3. The molecule has 0 aliphatic carbocycles. The number of benzene rings is 2. The second-order valence-corrected chi connectivity index (χ2v) is 8.81. The predicted octanol–water partition coefficient (Wildman–Crippen LogP) is 4.18. The Hall–Kier alpha value is -3.32. The van der Waals surface area contributed by atoms with Crippen LogP contribution in [0.5, 0.6) is 5.75 Å². The third-order valence-electron chi connectivity index (χ3n) is 6.11. The van der Waals surface area contributed by atoms with E-state index in [1.165, 1.54) is 10.7 Å². The van der Waals surface area contributed by atoms with Gasteiger partial charge in [0.1, 0.15) is 11.8 Å². The lowest BCUT2D eigenvalue weighted by Crippen LogP contribution is -2.51. The summed E-state index contributed by atoms with van der Waals surface area (Å²) in [5.41, 5.74) is 3.42. The molecule has 1 unspecified atom stereocenters. The first-order chi connectivity index (χ1) is 16.4. The van der Waals surface area contributed by atoms with E-state index < -0.39 is 6.04 Å². The fraction of sp³-hybridized carbons (Fsp3) is 0.346. The van der Waals surface area contributed by atoms with Gasteiger partial charge in [0, 0.05) is 48.5 Å². The van der Waals surface area contributed by atoms with Crippen LogP contribution in [0.2, 0.25) is 5.02 Å². The normalized spacial score (nSPS) is 14.7. The molecule has 1 amide bonds. The second-order valence-electron chi connectivity index (χ2n) is 8.38. The number of hydrogen-bond donors (Lipinski definition) is 0. The van der Waals surface area contributed by atoms with Crippen LogP contribution in [0.25, 0.3) is 11.3 Å². The Balaban J connectivity index is 1.47. The average Bonchev–Trinajstić information content (AvgIpc) is 2.86. The fourth-order valence-electron chi connectivity index (χ4n) is 4.21. The highest BCUT2D eigenvalue weighted by atomic mass is 35.5. The van der Waals surface area contributed by atoms with Crippen LogP contribution < -0.4 is 15.2 Å². The minimum Gasteiger partial charge on any atom is -0.494 e. The van der Waals surface area contributed by atoms with E-state index in [2.05, 4.69) is 16.9 Å². The molecule has 1 aromatic heterocycles. The number of aryl methyl sites for hydroxylation is 1. The molecule has 1 aliphatic rings.